The molecule has 0 spiro atoms. The lowest BCUT2D eigenvalue weighted by Gasteiger charge is -2.37. The predicted molar refractivity (Wildman–Crippen MR) is 80.1 cm³/mol. The van der Waals surface area contributed by atoms with E-state index in [0.29, 0.717) is 12.6 Å². The lowest BCUT2D eigenvalue weighted by Crippen LogP contribution is -2.65. The van der Waals surface area contributed by atoms with Gasteiger partial charge >= 0.3 is 24.0 Å². The summed E-state index contributed by atoms with van der Waals surface area (Å²) in [6.45, 7) is 1.58. The Bertz CT molecular complexity index is 690. The Hall–Kier alpha value is -2.30. The molecule has 150 valence electrons. The van der Waals surface area contributed by atoms with Gasteiger partial charge in [0.1, 0.15) is 6.04 Å². The van der Waals surface area contributed by atoms with Crippen molar-refractivity contribution in [2.75, 3.05) is 7.05 Å². The van der Waals surface area contributed by atoms with Gasteiger partial charge in [0.2, 0.25) is 5.91 Å². The van der Waals surface area contributed by atoms with E-state index in [2.05, 4.69) is 10.1 Å². The first kappa shape index (κ1) is 21.0. The molecule has 1 aliphatic rings. The third kappa shape index (κ3) is 3.73. The number of likely N-dealkylation sites (N-methyl/N-ethyl adjacent to an activating group) is 1. The number of rotatable bonds is 4. The van der Waals surface area contributed by atoms with E-state index >= 15 is 0 Å². The van der Waals surface area contributed by atoms with Gasteiger partial charge in [0.15, 0.2) is 0 Å². The topological polar surface area (TPSA) is 58.6 Å². The number of hydrogen-bond donors (Lipinski definition) is 1. The fourth-order valence-electron chi connectivity index (χ4n) is 2.86. The van der Waals surface area contributed by atoms with Crippen molar-refractivity contribution in [3.8, 4) is 0 Å². The van der Waals surface area contributed by atoms with Crippen molar-refractivity contribution in [3.05, 3.63) is 35.9 Å². The summed E-state index contributed by atoms with van der Waals surface area (Å²) >= 11 is 0. The Morgan fingerprint density at radius 2 is 1.70 bits per heavy atom. The molecule has 0 aromatic heterocycles. The van der Waals surface area contributed by atoms with Gasteiger partial charge in [-0.1, -0.05) is 30.3 Å². The smallest absolute Gasteiger partial charge is 0.423 e. The van der Waals surface area contributed by atoms with Gasteiger partial charge in [-0.05, 0) is 19.5 Å². The van der Waals surface area contributed by atoms with Crippen LogP contribution in [0.15, 0.2) is 30.3 Å². The minimum atomic E-state index is -5.93. The average molecular weight is 398 g/mol. The van der Waals surface area contributed by atoms with Crippen LogP contribution in [0.3, 0.4) is 0 Å². The number of benzene rings is 1. The standard InChI is InChI=1S/C16H16F6N2O3/c1-9(10-6-4-3-5-7-10)23-12(25)8-11-13(26)27-14(24(11)2,15(17,18)19)16(20,21)22/h3-7,9,11H,8H2,1-2H3,(H,23,25)/t9-,11+/m1/s1. The highest BCUT2D eigenvalue weighted by Gasteiger charge is 2.81. The summed E-state index contributed by atoms with van der Waals surface area (Å²) in [4.78, 5) is 23.5. The summed E-state index contributed by atoms with van der Waals surface area (Å²) in [7, 11) is 0.449. The van der Waals surface area contributed by atoms with E-state index in [1.165, 1.54) is 0 Å². The molecule has 5 nitrogen and oxygen atoms in total. The molecule has 0 bridgehead atoms. The highest BCUT2D eigenvalue weighted by Crippen LogP contribution is 2.51. The van der Waals surface area contributed by atoms with Gasteiger partial charge in [-0.25, -0.2) is 4.90 Å². The fourth-order valence-corrected chi connectivity index (χ4v) is 2.86. The third-order valence-corrected chi connectivity index (χ3v) is 4.31. The zero-order chi connectivity index (χ0) is 20.6. The normalized spacial score (nSPS) is 21.6. The van der Waals surface area contributed by atoms with Crippen molar-refractivity contribution < 1.29 is 40.7 Å². The lowest BCUT2D eigenvalue weighted by atomic mass is 10.1. The molecule has 1 fully saturated rings. The van der Waals surface area contributed by atoms with Crippen LogP contribution in [-0.4, -0.2) is 47.9 Å². The highest BCUT2D eigenvalue weighted by molar-refractivity contribution is 5.87. The van der Waals surface area contributed by atoms with Crippen LogP contribution < -0.4 is 5.32 Å². The molecule has 2 rings (SSSR count). The average Bonchev–Trinajstić information content (AvgIpc) is 2.80. The second-order valence-corrected chi connectivity index (χ2v) is 6.09. The van der Waals surface area contributed by atoms with E-state index in [0.717, 1.165) is 0 Å². The number of amides is 1. The first-order chi connectivity index (χ1) is 12.3. The minimum Gasteiger partial charge on any atom is -0.423 e. The van der Waals surface area contributed by atoms with Gasteiger partial charge in [-0.2, -0.15) is 26.3 Å². The number of carbonyl (C=O) groups excluding carboxylic acids is 2. The number of hydrogen-bond acceptors (Lipinski definition) is 4. The predicted octanol–water partition coefficient (Wildman–Crippen LogP) is 2.93. The van der Waals surface area contributed by atoms with Gasteiger partial charge in [0.25, 0.3) is 0 Å². The monoisotopic (exact) mass is 398 g/mol. The largest absolute Gasteiger partial charge is 0.453 e. The molecular formula is C16H16F6N2O3. The second-order valence-electron chi connectivity index (χ2n) is 6.09. The van der Waals surface area contributed by atoms with Crippen LogP contribution in [0.2, 0.25) is 0 Å². The zero-order valence-corrected chi connectivity index (χ0v) is 14.2. The van der Waals surface area contributed by atoms with Crippen LogP contribution in [0.4, 0.5) is 26.3 Å². The molecule has 1 N–H and O–H groups in total. The Morgan fingerprint density at radius 3 is 2.15 bits per heavy atom. The SMILES string of the molecule is C[C@@H](NC(=O)C[C@H]1C(=O)OC(C(F)(F)F)(C(F)(F)F)N1C)c1ccccc1. The molecule has 11 heteroatoms. The van der Waals surface area contributed by atoms with Crippen molar-refractivity contribution >= 4 is 11.9 Å². The molecule has 0 aliphatic carbocycles. The number of esters is 1. The van der Waals surface area contributed by atoms with Crippen LogP contribution in [0.25, 0.3) is 0 Å². The first-order valence-corrected chi connectivity index (χ1v) is 7.75. The molecular weight excluding hydrogens is 382 g/mol. The summed E-state index contributed by atoms with van der Waals surface area (Å²) in [5, 5.41) is 2.43. The lowest BCUT2D eigenvalue weighted by molar-refractivity contribution is -0.398. The number of nitrogens with zero attached hydrogens (tertiary/aromatic N) is 1. The Morgan fingerprint density at radius 1 is 1.19 bits per heavy atom. The number of halogens is 6. The number of cyclic esters (lactones) is 1. The van der Waals surface area contributed by atoms with Crippen LogP contribution in [0.1, 0.15) is 24.9 Å². The van der Waals surface area contributed by atoms with Crippen LogP contribution >= 0.6 is 0 Å². The molecule has 2 atom stereocenters. The van der Waals surface area contributed by atoms with Gasteiger partial charge in [-0.15, -0.1) is 0 Å². The number of carbonyl (C=O) groups is 2. The van der Waals surface area contributed by atoms with Gasteiger partial charge in [0, 0.05) is 0 Å². The maximum absolute atomic E-state index is 13.1. The molecule has 27 heavy (non-hydrogen) atoms. The first-order valence-electron chi connectivity index (χ1n) is 7.75. The molecule has 1 aromatic carbocycles. The molecule has 1 saturated heterocycles. The van der Waals surface area contributed by atoms with Crippen LogP contribution in [-0.2, 0) is 14.3 Å². The van der Waals surface area contributed by atoms with Crippen molar-refractivity contribution in [2.45, 2.75) is 43.5 Å². The highest BCUT2D eigenvalue weighted by atomic mass is 19.4. The third-order valence-electron chi connectivity index (χ3n) is 4.31. The maximum Gasteiger partial charge on any atom is 0.453 e. The van der Waals surface area contributed by atoms with Crippen LogP contribution in [0.5, 0.6) is 0 Å². The van der Waals surface area contributed by atoms with Crippen molar-refractivity contribution in [2.24, 2.45) is 0 Å². The molecule has 1 amide bonds. The Balaban J connectivity index is 2.17. The summed E-state index contributed by atoms with van der Waals surface area (Å²) in [6.07, 6.45) is -12.8. The minimum absolute atomic E-state index is 0.290. The van der Waals surface area contributed by atoms with E-state index in [-0.39, 0.29) is 4.90 Å². The van der Waals surface area contributed by atoms with E-state index < -0.39 is 48.5 Å². The maximum atomic E-state index is 13.1. The van der Waals surface area contributed by atoms with Gasteiger partial charge < -0.3 is 10.1 Å². The molecule has 0 saturated carbocycles. The summed E-state index contributed by atoms with van der Waals surface area (Å²) in [6, 6.07) is 5.89. The van der Waals surface area contributed by atoms with E-state index in [1.807, 2.05) is 0 Å². The molecule has 1 heterocycles. The Labute approximate surface area is 150 Å². The fraction of sp³-hybridized carbons (Fsp3) is 0.500. The summed E-state index contributed by atoms with van der Waals surface area (Å²) in [5.74, 6) is -2.66. The van der Waals surface area contributed by atoms with Crippen molar-refractivity contribution in [3.63, 3.8) is 0 Å². The quantitative estimate of drug-likeness (QED) is 0.626. The molecule has 1 aromatic rings. The zero-order valence-electron chi connectivity index (χ0n) is 14.2. The molecule has 0 unspecified atom stereocenters. The number of alkyl halides is 6. The number of nitrogens with one attached hydrogen (secondary N) is 1. The summed E-state index contributed by atoms with van der Waals surface area (Å²) < 4.78 is 82.6. The van der Waals surface area contributed by atoms with Crippen molar-refractivity contribution in [1.82, 2.24) is 10.2 Å². The van der Waals surface area contributed by atoms with Gasteiger partial charge in [0.05, 0.1) is 12.5 Å². The number of ether oxygens (including phenoxy) is 1. The Kier molecular flexibility index (Phi) is 5.46. The second kappa shape index (κ2) is 7.02. The van der Waals surface area contributed by atoms with Gasteiger partial charge in [-0.3, -0.25) is 9.59 Å². The summed E-state index contributed by atoms with van der Waals surface area (Å²) in [5.41, 5.74) is -4.11. The van der Waals surface area contributed by atoms with E-state index in [4.69, 9.17) is 0 Å². The van der Waals surface area contributed by atoms with Crippen molar-refractivity contribution in [1.29, 1.82) is 0 Å². The molecule has 0 radical (unpaired) electrons. The van der Waals surface area contributed by atoms with E-state index in [9.17, 15) is 35.9 Å². The van der Waals surface area contributed by atoms with Crippen LogP contribution in [0, 0.1) is 0 Å². The molecule has 1 aliphatic heterocycles. The van der Waals surface area contributed by atoms with E-state index in [1.54, 1.807) is 37.3 Å².